The average molecular weight is 351 g/mol. The lowest BCUT2D eigenvalue weighted by molar-refractivity contribution is 0.100. The van der Waals surface area contributed by atoms with Crippen LogP contribution in [0.1, 0.15) is 33.8 Å². The standard InChI is InChI=1S/C16H19ClN4O3/c1-9-12(10(2)24-21-9)4-3-7-19-16(23)20-11-5-6-13(15(18)22)14(17)8-11/h5-6,8H,3-4,7H2,1-2H3,(H2,18,22)(H2,19,20,23). The largest absolute Gasteiger partial charge is 0.366 e. The molecule has 2 aromatic rings. The maximum absolute atomic E-state index is 11.8. The van der Waals surface area contributed by atoms with Gasteiger partial charge < -0.3 is 20.9 Å². The van der Waals surface area contributed by atoms with Crippen LogP contribution < -0.4 is 16.4 Å². The molecule has 0 saturated heterocycles. The van der Waals surface area contributed by atoms with Gasteiger partial charge in [0.1, 0.15) is 5.76 Å². The number of benzene rings is 1. The van der Waals surface area contributed by atoms with Gasteiger partial charge in [-0.3, -0.25) is 4.79 Å². The molecule has 0 fully saturated rings. The highest BCUT2D eigenvalue weighted by atomic mass is 35.5. The van der Waals surface area contributed by atoms with E-state index >= 15 is 0 Å². The minimum atomic E-state index is -0.615. The van der Waals surface area contributed by atoms with E-state index in [1.165, 1.54) is 12.1 Å². The Morgan fingerprint density at radius 3 is 2.67 bits per heavy atom. The summed E-state index contributed by atoms with van der Waals surface area (Å²) in [5, 5.41) is 9.49. The van der Waals surface area contributed by atoms with E-state index in [-0.39, 0.29) is 16.6 Å². The second-order valence-corrected chi connectivity index (χ2v) is 5.75. The van der Waals surface area contributed by atoms with Crippen LogP contribution in [-0.4, -0.2) is 23.6 Å². The molecule has 0 atom stereocenters. The van der Waals surface area contributed by atoms with Crippen LogP contribution >= 0.6 is 11.6 Å². The average Bonchev–Trinajstić information content (AvgIpc) is 2.82. The van der Waals surface area contributed by atoms with Crippen molar-refractivity contribution in [3.8, 4) is 0 Å². The summed E-state index contributed by atoms with van der Waals surface area (Å²) in [4.78, 5) is 23.0. The highest BCUT2D eigenvalue weighted by Gasteiger charge is 2.10. The summed E-state index contributed by atoms with van der Waals surface area (Å²) < 4.78 is 5.09. The fourth-order valence-corrected chi connectivity index (χ4v) is 2.57. The number of primary amides is 1. The Kier molecular flexibility index (Phi) is 5.81. The lowest BCUT2D eigenvalue weighted by atomic mass is 10.1. The number of nitrogens with one attached hydrogen (secondary N) is 2. The van der Waals surface area contributed by atoms with Gasteiger partial charge in [-0.2, -0.15) is 0 Å². The highest BCUT2D eigenvalue weighted by molar-refractivity contribution is 6.34. The van der Waals surface area contributed by atoms with Crippen LogP contribution in [0.15, 0.2) is 22.7 Å². The molecule has 1 aromatic heterocycles. The first kappa shape index (κ1) is 17.8. The number of aromatic nitrogens is 1. The van der Waals surface area contributed by atoms with Crippen molar-refractivity contribution >= 4 is 29.2 Å². The Hall–Kier alpha value is -2.54. The third kappa shape index (κ3) is 4.48. The molecular weight excluding hydrogens is 332 g/mol. The Morgan fingerprint density at radius 2 is 2.08 bits per heavy atom. The van der Waals surface area contributed by atoms with Crippen LogP contribution in [0.25, 0.3) is 0 Å². The first-order valence-electron chi connectivity index (χ1n) is 7.44. The predicted octanol–water partition coefficient (Wildman–Crippen LogP) is 2.80. The Labute approximate surface area is 144 Å². The lowest BCUT2D eigenvalue weighted by Crippen LogP contribution is -2.29. The Bertz CT molecular complexity index is 738. The molecule has 0 spiro atoms. The van der Waals surface area contributed by atoms with E-state index in [9.17, 15) is 9.59 Å². The minimum absolute atomic E-state index is 0.193. The van der Waals surface area contributed by atoms with Crippen LogP contribution in [0.2, 0.25) is 5.02 Å². The van der Waals surface area contributed by atoms with E-state index in [0.717, 1.165) is 29.9 Å². The number of rotatable bonds is 6. The Morgan fingerprint density at radius 1 is 1.33 bits per heavy atom. The molecule has 0 bridgehead atoms. The topological polar surface area (TPSA) is 110 Å². The fourth-order valence-electron chi connectivity index (χ4n) is 2.29. The molecule has 7 nitrogen and oxygen atoms in total. The van der Waals surface area contributed by atoms with E-state index in [2.05, 4.69) is 15.8 Å². The van der Waals surface area contributed by atoms with Gasteiger partial charge in [0, 0.05) is 17.8 Å². The van der Waals surface area contributed by atoms with Crippen molar-refractivity contribution in [3.05, 3.63) is 45.8 Å². The van der Waals surface area contributed by atoms with E-state index in [1.807, 2.05) is 13.8 Å². The second-order valence-electron chi connectivity index (χ2n) is 5.35. The van der Waals surface area contributed by atoms with Gasteiger partial charge >= 0.3 is 6.03 Å². The maximum Gasteiger partial charge on any atom is 0.319 e. The van der Waals surface area contributed by atoms with E-state index < -0.39 is 5.91 Å². The van der Waals surface area contributed by atoms with Crippen LogP contribution in [0.4, 0.5) is 10.5 Å². The lowest BCUT2D eigenvalue weighted by Gasteiger charge is -2.09. The summed E-state index contributed by atoms with van der Waals surface area (Å²) in [5.41, 5.74) is 7.82. The molecule has 4 N–H and O–H groups in total. The van der Waals surface area contributed by atoms with Crippen molar-refractivity contribution in [2.24, 2.45) is 5.73 Å². The van der Waals surface area contributed by atoms with Crippen molar-refractivity contribution in [2.75, 3.05) is 11.9 Å². The fraction of sp³-hybridized carbons (Fsp3) is 0.312. The molecular formula is C16H19ClN4O3. The first-order valence-corrected chi connectivity index (χ1v) is 7.82. The molecule has 0 aliphatic carbocycles. The number of carbonyl (C=O) groups is 2. The molecule has 0 aliphatic rings. The third-order valence-corrected chi connectivity index (χ3v) is 3.88. The van der Waals surface area contributed by atoms with Gasteiger partial charge in [0.15, 0.2) is 0 Å². The van der Waals surface area contributed by atoms with Gasteiger partial charge in [-0.15, -0.1) is 0 Å². The molecule has 0 saturated carbocycles. The number of anilines is 1. The molecule has 3 amide bonds. The van der Waals surface area contributed by atoms with Crippen molar-refractivity contribution in [3.63, 3.8) is 0 Å². The van der Waals surface area contributed by atoms with Crippen molar-refractivity contribution in [2.45, 2.75) is 26.7 Å². The number of aryl methyl sites for hydroxylation is 2. The normalized spacial score (nSPS) is 10.5. The number of urea groups is 1. The molecule has 0 aliphatic heterocycles. The number of halogens is 1. The van der Waals surface area contributed by atoms with E-state index in [1.54, 1.807) is 6.07 Å². The van der Waals surface area contributed by atoms with Gasteiger partial charge in [0.25, 0.3) is 0 Å². The number of hydrogen-bond acceptors (Lipinski definition) is 4. The van der Waals surface area contributed by atoms with Gasteiger partial charge in [-0.1, -0.05) is 16.8 Å². The quantitative estimate of drug-likeness (QED) is 0.695. The van der Waals surface area contributed by atoms with Crippen molar-refractivity contribution in [1.29, 1.82) is 0 Å². The number of amides is 3. The van der Waals surface area contributed by atoms with Gasteiger partial charge in [-0.05, 0) is 44.9 Å². The van der Waals surface area contributed by atoms with Gasteiger partial charge in [0.05, 0.1) is 16.3 Å². The predicted molar refractivity (Wildman–Crippen MR) is 91.3 cm³/mol. The molecule has 1 heterocycles. The zero-order valence-corrected chi connectivity index (χ0v) is 14.2. The highest BCUT2D eigenvalue weighted by Crippen LogP contribution is 2.20. The SMILES string of the molecule is Cc1noc(C)c1CCCNC(=O)Nc1ccc(C(N)=O)c(Cl)c1. The molecule has 0 radical (unpaired) electrons. The summed E-state index contributed by atoms with van der Waals surface area (Å²) in [7, 11) is 0. The number of carbonyl (C=O) groups excluding carboxylic acids is 2. The van der Waals surface area contributed by atoms with Crippen molar-refractivity contribution in [1.82, 2.24) is 10.5 Å². The van der Waals surface area contributed by atoms with Gasteiger partial charge in [-0.25, -0.2) is 4.79 Å². The number of nitrogens with two attached hydrogens (primary N) is 1. The zero-order chi connectivity index (χ0) is 17.7. The zero-order valence-electron chi connectivity index (χ0n) is 13.5. The molecule has 24 heavy (non-hydrogen) atoms. The summed E-state index contributed by atoms with van der Waals surface area (Å²) in [6.07, 6.45) is 1.54. The molecule has 8 heteroatoms. The molecule has 1 aromatic carbocycles. The smallest absolute Gasteiger partial charge is 0.319 e. The van der Waals surface area contributed by atoms with Crippen LogP contribution in [0.5, 0.6) is 0 Å². The van der Waals surface area contributed by atoms with Crippen LogP contribution in [0, 0.1) is 13.8 Å². The van der Waals surface area contributed by atoms with Crippen LogP contribution in [-0.2, 0) is 6.42 Å². The summed E-state index contributed by atoms with van der Waals surface area (Å²) in [6.45, 7) is 4.27. The molecule has 0 unspecified atom stereocenters. The van der Waals surface area contributed by atoms with E-state index in [4.69, 9.17) is 21.9 Å². The minimum Gasteiger partial charge on any atom is -0.366 e. The Balaban J connectivity index is 1.79. The molecule has 128 valence electrons. The number of hydrogen-bond donors (Lipinski definition) is 3. The monoisotopic (exact) mass is 350 g/mol. The van der Waals surface area contributed by atoms with E-state index in [0.29, 0.717) is 12.2 Å². The summed E-state index contributed by atoms with van der Waals surface area (Å²) >= 11 is 5.93. The van der Waals surface area contributed by atoms with Crippen molar-refractivity contribution < 1.29 is 14.1 Å². The summed E-state index contributed by atoms with van der Waals surface area (Å²) in [6, 6.07) is 4.16. The first-order chi connectivity index (χ1) is 11.4. The maximum atomic E-state index is 11.8. The van der Waals surface area contributed by atoms with Gasteiger partial charge in [0.2, 0.25) is 5.91 Å². The number of nitrogens with zero attached hydrogens (tertiary/aromatic N) is 1. The molecule has 2 rings (SSSR count). The summed E-state index contributed by atoms with van der Waals surface area (Å²) in [5.74, 6) is 0.191. The third-order valence-electron chi connectivity index (χ3n) is 3.56. The second kappa shape index (κ2) is 7.83. The van der Waals surface area contributed by atoms with Crippen LogP contribution in [0.3, 0.4) is 0 Å².